The zero-order chi connectivity index (χ0) is 17.2. The van der Waals surface area contributed by atoms with Crippen molar-refractivity contribution in [3.63, 3.8) is 0 Å². The van der Waals surface area contributed by atoms with E-state index in [4.69, 9.17) is 11.5 Å². The standard InChI is InChI=1S/C16H26N4O3/c1-19-8-2-3-12(17)10-15(22)20-14(16(18)23)9-11-4-6-13(21)7-5-11/h4-7,12,14,19,21H,2-3,8-10,17H2,1H3,(H2,18,23)(H,20,22)/t12-,14-/m0/s1. The molecule has 1 aromatic rings. The molecule has 7 heteroatoms. The van der Waals surface area contributed by atoms with E-state index in [9.17, 15) is 14.7 Å². The summed E-state index contributed by atoms with van der Waals surface area (Å²) in [5.41, 5.74) is 12.0. The molecule has 2 atom stereocenters. The molecule has 0 fully saturated rings. The van der Waals surface area contributed by atoms with Gasteiger partial charge >= 0.3 is 0 Å². The molecule has 7 nitrogen and oxygen atoms in total. The van der Waals surface area contributed by atoms with Gasteiger partial charge in [0.15, 0.2) is 0 Å². The van der Waals surface area contributed by atoms with E-state index < -0.39 is 11.9 Å². The van der Waals surface area contributed by atoms with Gasteiger partial charge in [-0.05, 0) is 44.1 Å². The lowest BCUT2D eigenvalue weighted by Gasteiger charge is -2.17. The van der Waals surface area contributed by atoms with E-state index in [-0.39, 0.29) is 30.5 Å². The number of carbonyl (C=O) groups is 2. The second-order valence-corrected chi connectivity index (χ2v) is 5.60. The van der Waals surface area contributed by atoms with Crippen LogP contribution in [0.15, 0.2) is 24.3 Å². The number of amides is 2. The molecule has 0 radical (unpaired) electrons. The number of nitrogens with two attached hydrogens (primary N) is 2. The molecule has 128 valence electrons. The fourth-order valence-corrected chi connectivity index (χ4v) is 2.22. The predicted molar refractivity (Wildman–Crippen MR) is 88.7 cm³/mol. The predicted octanol–water partition coefficient (Wildman–Crippen LogP) is -0.378. The van der Waals surface area contributed by atoms with Crippen LogP contribution in [0.2, 0.25) is 0 Å². The van der Waals surface area contributed by atoms with Crippen molar-refractivity contribution in [2.45, 2.75) is 37.8 Å². The number of rotatable bonds is 10. The first-order chi connectivity index (χ1) is 10.9. The molecule has 0 aliphatic heterocycles. The maximum Gasteiger partial charge on any atom is 0.240 e. The van der Waals surface area contributed by atoms with E-state index in [0.29, 0.717) is 0 Å². The van der Waals surface area contributed by atoms with Gasteiger partial charge in [-0.25, -0.2) is 0 Å². The van der Waals surface area contributed by atoms with Gasteiger partial charge in [-0.1, -0.05) is 12.1 Å². The van der Waals surface area contributed by atoms with Gasteiger partial charge in [0.25, 0.3) is 0 Å². The third-order valence-corrected chi connectivity index (χ3v) is 3.50. The van der Waals surface area contributed by atoms with Crippen molar-refractivity contribution in [3.05, 3.63) is 29.8 Å². The van der Waals surface area contributed by atoms with E-state index in [0.717, 1.165) is 24.9 Å². The molecule has 2 amide bonds. The summed E-state index contributed by atoms with van der Waals surface area (Å²) in [4.78, 5) is 23.5. The first-order valence-electron chi connectivity index (χ1n) is 7.69. The highest BCUT2D eigenvalue weighted by Gasteiger charge is 2.19. The monoisotopic (exact) mass is 322 g/mol. The van der Waals surface area contributed by atoms with E-state index in [1.807, 2.05) is 7.05 Å². The van der Waals surface area contributed by atoms with Gasteiger partial charge in [-0.2, -0.15) is 0 Å². The highest BCUT2D eigenvalue weighted by Crippen LogP contribution is 2.11. The number of phenolic OH excluding ortho intramolecular Hbond substituents is 1. The lowest BCUT2D eigenvalue weighted by Crippen LogP contribution is -2.47. The van der Waals surface area contributed by atoms with Gasteiger partial charge in [0, 0.05) is 18.9 Å². The number of primary amides is 1. The summed E-state index contributed by atoms with van der Waals surface area (Å²) in [6.07, 6.45) is 2.05. The molecular formula is C16H26N4O3. The Morgan fingerprint density at radius 3 is 2.48 bits per heavy atom. The van der Waals surface area contributed by atoms with Gasteiger partial charge in [0.05, 0.1) is 0 Å². The van der Waals surface area contributed by atoms with Crippen LogP contribution in [-0.4, -0.2) is 42.6 Å². The van der Waals surface area contributed by atoms with Gasteiger partial charge < -0.3 is 27.2 Å². The zero-order valence-corrected chi connectivity index (χ0v) is 13.4. The molecule has 0 bridgehead atoms. The van der Waals surface area contributed by atoms with Crippen LogP contribution in [0.5, 0.6) is 5.75 Å². The lowest BCUT2D eigenvalue weighted by atomic mass is 10.0. The largest absolute Gasteiger partial charge is 0.508 e. The van der Waals surface area contributed by atoms with Crippen LogP contribution >= 0.6 is 0 Å². The molecule has 0 spiro atoms. The van der Waals surface area contributed by atoms with Crippen molar-refractivity contribution in [3.8, 4) is 5.75 Å². The number of aromatic hydroxyl groups is 1. The molecular weight excluding hydrogens is 296 g/mol. The summed E-state index contributed by atoms with van der Waals surface area (Å²) >= 11 is 0. The Hall–Kier alpha value is -2.12. The van der Waals surface area contributed by atoms with Crippen molar-refractivity contribution in [1.82, 2.24) is 10.6 Å². The fraction of sp³-hybridized carbons (Fsp3) is 0.500. The van der Waals surface area contributed by atoms with Crippen LogP contribution in [0.4, 0.5) is 0 Å². The average Bonchev–Trinajstić information content (AvgIpc) is 2.48. The number of carbonyl (C=O) groups excluding carboxylic acids is 2. The summed E-state index contributed by atoms with van der Waals surface area (Å²) in [6, 6.07) is 5.36. The Morgan fingerprint density at radius 2 is 1.91 bits per heavy atom. The smallest absolute Gasteiger partial charge is 0.240 e. The maximum atomic E-state index is 12.0. The number of phenols is 1. The summed E-state index contributed by atoms with van der Waals surface area (Å²) in [6.45, 7) is 0.847. The third-order valence-electron chi connectivity index (χ3n) is 3.50. The lowest BCUT2D eigenvalue weighted by molar-refractivity contribution is -0.127. The Morgan fingerprint density at radius 1 is 1.26 bits per heavy atom. The second-order valence-electron chi connectivity index (χ2n) is 5.60. The van der Waals surface area contributed by atoms with Gasteiger partial charge in [0.1, 0.15) is 11.8 Å². The molecule has 0 saturated carbocycles. The highest BCUT2D eigenvalue weighted by molar-refractivity contribution is 5.87. The topological polar surface area (TPSA) is 130 Å². The molecule has 0 unspecified atom stereocenters. The highest BCUT2D eigenvalue weighted by atomic mass is 16.3. The average molecular weight is 322 g/mol. The number of nitrogens with one attached hydrogen (secondary N) is 2. The van der Waals surface area contributed by atoms with E-state index in [1.165, 1.54) is 12.1 Å². The minimum atomic E-state index is -0.795. The molecule has 0 aromatic heterocycles. The molecule has 1 aromatic carbocycles. The Labute approximate surface area is 136 Å². The molecule has 1 rings (SSSR count). The Balaban J connectivity index is 2.50. The number of hydrogen-bond donors (Lipinski definition) is 5. The molecule has 0 aliphatic carbocycles. The van der Waals surface area contributed by atoms with Crippen LogP contribution in [0, 0.1) is 0 Å². The minimum absolute atomic E-state index is 0.140. The SMILES string of the molecule is CNCCC[C@H](N)CC(=O)N[C@@H](Cc1ccc(O)cc1)C(N)=O. The van der Waals surface area contributed by atoms with Gasteiger partial charge in [0.2, 0.25) is 11.8 Å². The molecule has 0 aliphatic rings. The summed E-state index contributed by atoms with van der Waals surface area (Å²) in [5.74, 6) is -0.749. The number of hydrogen-bond acceptors (Lipinski definition) is 5. The second kappa shape index (κ2) is 9.81. The first-order valence-corrected chi connectivity index (χ1v) is 7.69. The minimum Gasteiger partial charge on any atom is -0.508 e. The quantitative estimate of drug-likeness (QED) is 0.375. The van der Waals surface area contributed by atoms with Crippen LogP contribution in [0.1, 0.15) is 24.8 Å². The Bertz CT molecular complexity index is 505. The summed E-state index contributed by atoms with van der Waals surface area (Å²) < 4.78 is 0. The number of benzene rings is 1. The van der Waals surface area contributed by atoms with Crippen LogP contribution in [0.3, 0.4) is 0 Å². The molecule has 0 heterocycles. The maximum absolute atomic E-state index is 12.0. The first kappa shape index (κ1) is 18.9. The molecule has 7 N–H and O–H groups in total. The van der Waals surface area contributed by atoms with E-state index in [1.54, 1.807) is 12.1 Å². The van der Waals surface area contributed by atoms with E-state index >= 15 is 0 Å². The molecule has 0 saturated heterocycles. The fourth-order valence-electron chi connectivity index (χ4n) is 2.22. The molecule has 23 heavy (non-hydrogen) atoms. The van der Waals surface area contributed by atoms with Crippen LogP contribution < -0.4 is 22.1 Å². The van der Waals surface area contributed by atoms with Crippen molar-refractivity contribution in [2.24, 2.45) is 11.5 Å². The van der Waals surface area contributed by atoms with Crippen molar-refractivity contribution >= 4 is 11.8 Å². The van der Waals surface area contributed by atoms with Crippen molar-refractivity contribution in [1.29, 1.82) is 0 Å². The van der Waals surface area contributed by atoms with Gasteiger partial charge in [-0.3, -0.25) is 9.59 Å². The van der Waals surface area contributed by atoms with Crippen molar-refractivity contribution in [2.75, 3.05) is 13.6 Å². The van der Waals surface area contributed by atoms with Crippen molar-refractivity contribution < 1.29 is 14.7 Å². The van der Waals surface area contributed by atoms with Crippen LogP contribution in [-0.2, 0) is 16.0 Å². The summed E-state index contributed by atoms with van der Waals surface area (Å²) in [7, 11) is 1.86. The normalized spacial score (nSPS) is 13.3. The zero-order valence-electron chi connectivity index (χ0n) is 13.4. The van der Waals surface area contributed by atoms with Crippen LogP contribution in [0.25, 0.3) is 0 Å². The Kier molecular flexibility index (Phi) is 8.07. The third kappa shape index (κ3) is 7.62. The van der Waals surface area contributed by atoms with Gasteiger partial charge in [-0.15, -0.1) is 0 Å². The van der Waals surface area contributed by atoms with E-state index in [2.05, 4.69) is 10.6 Å². The summed E-state index contributed by atoms with van der Waals surface area (Å²) in [5, 5.41) is 14.9.